The van der Waals surface area contributed by atoms with E-state index in [4.69, 9.17) is 0 Å². The molecule has 0 N–H and O–H groups in total. The zero-order valence-corrected chi connectivity index (χ0v) is 12.5. The molecule has 2 rings (SSSR count). The van der Waals surface area contributed by atoms with Crippen molar-refractivity contribution >= 4 is 5.96 Å². The van der Waals surface area contributed by atoms with Crippen LogP contribution in [0.25, 0.3) is 0 Å². The van der Waals surface area contributed by atoms with Gasteiger partial charge in [-0.05, 0) is 25.0 Å². The minimum Gasteiger partial charge on any atom is -0.349 e. The van der Waals surface area contributed by atoms with Gasteiger partial charge in [-0.3, -0.25) is 4.99 Å². The van der Waals surface area contributed by atoms with E-state index < -0.39 is 17.0 Å². The minimum atomic E-state index is -0.466. The average molecular weight is 281 g/mol. The number of aliphatic imine (C=N–C) groups is 1. The lowest BCUT2D eigenvalue weighted by molar-refractivity contribution is 0.471. The van der Waals surface area contributed by atoms with Crippen LogP contribution < -0.4 is 0 Å². The third kappa shape index (κ3) is 2.76. The SMILES string of the molecule is CN(C)C(=NCC1(c2c(F)cccc2F)CC1)N(C)C. The second-order valence-electron chi connectivity index (χ2n) is 5.78. The number of halogens is 2. The van der Waals surface area contributed by atoms with Crippen LogP contribution in [0.5, 0.6) is 0 Å². The van der Waals surface area contributed by atoms with Gasteiger partial charge >= 0.3 is 0 Å². The van der Waals surface area contributed by atoms with Crippen LogP contribution in [0.4, 0.5) is 8.78 Å². The summed E-state index contributed by atoms with van der Waals surface area (Å²) in [6, 6.07) is 4.04. The fourth-order valence-electron chi connectivity index (χ4n) is 2.55. The van der Waals surface area contributed by atoms with Crippen LogP contribution in [0.1, 0.15) is 18.4 Å². The van der Waals surface area contributed by atoms with Gasteiger partial charge in [0.15, 0.2) is 5.96 Å². The largest absolute Gasteiger partial charge is 0.349 e. The summed E-state index contributed by atoms with van der Waals surface area (Å²) < 4.78 is 27.8. The summed E-state index contributed by atoms with van der Waals surface area (Å²) in [4.78, 5) is 8.34. The molecular weight excluding hydrogens is 260 g/mol. The Morgan fingerprint density at radius 3 is 2.00 bits per heavy atom. The van der Waals surface area contributed by atoms with E-state index in [2.05, 4.69) is 4.99 Å². The first-order valence-corrected chi connectivity index (χ1v) is 6.71. The molecule has 0 atom stereocenters. The lowest BCUT2D eigenvalue weighted by Gasteiger charge is -2.24. The fraction of sp³-hybridized carbons (Fsp3) is 0.533. The molecule has 3 nitrogen and oxygen atoms in total. The molecule has 110 valence electrons. The maximum atomic E-state index is 13.9. The molecule has 1 aliphatic carbocycles. The summed E-state index contributed by atoms with van der Waals surface area (Å²) in [5.74, 6) is -0.129. The van der Waals surface area contributed by atoms with Crippen LogP contribution in [0.15, 0.2) is 23.2 Å². The van der Waals surface area contributed by atoms with Crippen molar-refractivity contribution in [2.75, 3.05) is 34.7 Å². The van der Waals surface area contributed by atoms with Crippen LogP contribution in [0.2, 0.25) is 0 Å². The average Bonchev–Trinajstić information content (AvgIpc) is 3.09. The number of benzene rings is 1. The predicted octanol–water partition coefficient (Wildman–Crippen LogP) is 2.48. The third-order valence-corrected chi connectivity index (χ3v) is 3.67. The van der Waals surface area contributed by atoms with E-state index in [0.717, 1.165) is 18.8 Å². The van der Waals surface area contributed by atoms with Gasteiger partial charge in [0.25, 0.3) is 0 Å². The Balaban J connectivity index is 2.27. The van der Waals surface area contributed by atoms with Gasteiger partial charge in [-0.15, -0.1) is 0 Å². The van der Waals surface area contributed by atoms with Gasteiger partial charge in [0, 0.05) is 39.2 Å². The summed E-state index contributed by atoms with van der Waals surface area (Å²) in [5, 5.41) is 0. The second-order valence-corrected chi connectivity index (χ2v) is 5.78. The van der Waals surface area contributed by atoms with Crippen LogP contribution in [-0.2, 0) is 5.41 Å². The van der Waals surface area contributed by atoms with E-state index >= 15 is 0 Å². The highest BCUT2D eigenvalue weighted by Gasteiger charge is 2.47. The van der Waals surface area contributed by atoms with Crippen molar-refractivity contribution in [2.45, 2.75) is 18.3 Å². The van der Waals surface area contributed by atoms with Gasteiger partial charge in [-0.2, -0.15) is 0 Å². The Morgan fingerprint density at radius 2 is 1.60 bits per heavy atom. The molecule has 20 heavy (non-hydrogen) atoms. The summed E-state index contributed by atoms with van der Waals surface area (Å²) >= 11 is 0. The minimum absolute atomic E-state index is 0.195. The Morgan fingerprint density at radius 1 is 1.10 bits per heavy atom. The van der Waals surface area contributed by atoms with E-state index in [0.29, 0.717) is 6.54 Å². The second kappa shape index (κ2) is 5.38. The zero-order chi connectivity index (χ0) is 14.9. The molecule has 0 heterocycles. The molecule has 0 bridgehead atoms. The summed E-state index contributed by atoms with van der Waals surface area (Å²) in [7, 11) is 7.62. The van der Waals surface area contributed by atoms with E-state index in [1.807, 2.05) is 38.0 Å². The molecule has 5 heteroatoms. The molecule has 0 aromatic heterocycles. The molecular formula is C15H21F2N3. The first kappa shape index (κ1) is 14.8. The quantitative estimate of drug-likeness (QED) is 0.626. The van der Waals surface area contributed by atoms with Gasteiger partial charge < -0.3 is 9.80 Å². The molecule has 1 aliphatic rings. The Kier molecular flexibility index (Phi) is 3.97. The summed E-state index contributed by atoms with van der Waals surface area (Å²) in [5.41, 5.74) is -0.271. The van der Waals surface area contributed by atoms with Gasteiger partial charge in [0.2, 0.25) is 0 Å². The van der Waals surface area contributed by atoms with Gasteiger partial charge in [-0.1, -0.05) is 6.07 Å². The molecule has 0 amide bonds. The topological polar surface area (TPSA) is 18.8 Å². The molecule has 0 saturated heterocycles. The smallest absolute Gasteiger partial charge is 0.195 e. The number of nitrogens with zero attached hydrogens (tertiary/aromatic N) is 3. The normalized spacial score (nSPS) is 15.7. The Labute approximate surface area is 118 Å². The number of hydrogen-bond acceptors (Lipinski definition) is 1. The lowest BCUT2D eigenvalue weighted by atomic mass is 9.95. The summed E-state index contributed by atoms with van der Waals surface area (Å²) in [6.45, 7) is 0.413. The van der Waals surface area contributed by atoms with E-state index in [9.17, 15) is 8.78 Å². The first-order valence-electron chi connectivity index (χ1n) is 6.71. The zero-order valence-electron chi connectivity index (χ0n) is 12.5. The van der Waals surface area contributed by atoms with Crippen LogP contribution >= 0.6 is 0 Å². The Hall–Kier alpha value is -1.65. The van der Waals surface area contributed by atoms with E-state index in [1.54, 1.807) is 0 Å². The van der Waals surface area contributed by atoms with Crippen molar-refractivity contribution < 1.29 is 8.78 Å². The van der Waals surface area contributed by atoms with Crippen molar-refractivity contribution in [1.29, 1.82) is 0 Å². The van der Waals surface area contributed by atoms with Crippen molar-refractivity contribution in [2.24, 2.45) is 4.99 Å². The molecule has 0 unspecified atom stereocenters. The van der Waals surface area contributed by atoms with E-state index in [-0.39, 0.29) is 5.56 Å². The van der Waals surface area contributed by atoms with Crippen molar-refractivity contribution in [3.8, 4) is 0 Å². The highest BCUT2D eigenvalue weighted by Crippen LogP contribution is 2.50. The fourth-order valence-corrected chi connectivity index (χ4v) is 2.55. The van der Waals surface area contributed by atoms with Crippen LogP contribution in [0.3, 0.4) is 0 Å². The van der Waals surface area contributed by atoms with Crippen molar-refractivity contribution in [3.63, 3.8) is 0 Å². The number of hydrogen-bond donors (Lipinski definition) is 0. The monoisotopic (exact) mass is 281 g/mol. The number of guanidine groups is 1. The molecule has 1 aromatic rings. The maximum absolute atomic E-state index is 13.9. The first-order chi connectivity index (χ1) is 9.37. The third-order valence-electron chi connectivity index (χ3n) is 3.67. The summed E-state index contributed by atoms with van der Waals surface area (Å²) in [6.07, 6.45) is 1.56. The molecule has 1 saturated carbocycles. The van der Waals surface area contributed by atoms with E-state index in [1.165, 1.54) is 18.2 Å². The molecule has 1 aromatic carbocycles. The van der Waals surface area contributed by atoms with Crippen molar-refractivity contribution in [3.05, 3.63) is 35.4 Å². The molecule has 0 spiro atoms. The predicted molar refractivity (Wildman–Crippen MR) is 76.9 cm³/mol. The van der Waals surface area contributed by atoms with Gasteiger partial charge in [0.1, 0.15) is 11.6 Å². The standard InChI is InChI=1S/C15H21F2N3/c1-19(2)14(20(3)4)18-10-15(8-9-15)13-11(16)6-5-7-12(13)17/h5-7H,8-10H2,1-4H3. The highest BCUT2D eigenvalue weighted by molar-refractivity contribution is 5.79. The molecule has 0 radical (unpaired) electrons. The van der Waals surface area contributed by atoms with Gasteiger partial charge in [-0.25, -0.2) is 8.78 Å². The highest BCUT2D eigenvalue weighted by atomic mass is 19.1. The van der Waals surface area contributed by atoms with Crippen LogP contribution in [0, 0.1) is 11.6 Å². The van der Waals surface area contributed by atoms with Crippen LogP contribution in [-0.4, -0.2) is 50.5 Å². The van der Waals surface area contributed by atoms with Crippen molar-refractivity contribution in [1.82, 2.24) is 9.80 Å². The molecule has 1 fully saturated rings. The molecule has 0 aliphatic heterocycles. The maximum Gasteiger partial charge on any atom is 0.195 e. The number of rotatable bonds is 3. The van der Waals surface area contributed by atoms with Gasteiger partial charge in [0.05, 0.1) is 6.54 Å². The Bertz CT molecular complexity index is 490. The lowest BCUT2D eigenvalue weighted by Crippen LogP contribution is -2.36.